The first-order valence-corrected chi connectivity index (χ1v) is 15.9. The van der Waals surface area contributed by atoms with Gasteiger partial charge in [-0.05, 0) is 100 Å². The molecule has 0 aromatic heterocycles. The number of allylic oxidation sites excluding steroid dienone is 4. The predicted octanol–water partition coefficient (Wildman–Crippen LogP) is 6.65. The molecule has 46 heavy (non-hydrogen) atoms. The highest BCUT2D eigenvalue weighted by atomic mass is 16.3. The van der Waals surface area contributed by atoms with Crippen molar-refractivity contribution in [1.29, 1.82) is 0 Å². The summed E-state index contributed by atoms with van der Waals surface area (Å²) in [4.78, 5) is 10.8. The molecule has 232 valence electrons. The minimum Gasteiger partial charge on any atom is -0.846 e. The SMILES string of the molecule is CC1(C)N=C([O-])N(c2cccc(-c3c4ccccc4c(C4=CC(=[N+]5C([O-])=NC(C)(C)C5(C)C)[CH+]C=C4)c4ccccc34)c2)C1(C)C. The number of nitrogens with zero attached hydrogens (tertiary/aromatic N) is 4. The van der Waals surface area contributed by atoms with E-state index < -0.39 is 22.2 Å². The Labute approximate surface area is 271 Å². The second kappa shape index (κ2) is 9.83. The van der Waals surface area contributed by atoms with Crippen LogP contribution in [0.4, 0.5) is 5.69 Å². The van der Waals surface area contributed by atoms with Crippen LogP contribution in [-0.2, 0) is 0 Å². The second-order valence-corrected chi connectivity index (χ2v) is 14.6. The third-order valence-electron chi connectivity index (χ3n) is 11.0. The molecule has 0 radical (unpaired) electrons. The van der Waals surface area contributed by atoms with Crippen LogP contribution in [0.15, 0.2) is 101 Å². The fourth-order valence-corrected chi connectivity index (χ4v) is 7.10. The molecule has 4 aromatic rings. The summed E-state index contributed by atoms with van der Waals surface area (Å²) in [5.74, 6) is 0. The highest BCUT2D eigenvalue weighted by Crippen LogP contribution is 2.45. The van der Waals surface area contributed by atoms with Crippen LogP contribution in [0.3, 0.4) is 0 Å². The van der Waals surface area contributed by atoms with Crippen molar-refractivity contribution in [2.75, 3.05) is 4.90 Å². The molecule has 0 amide bonds. The third-order valence-corrected chi connectivity index (χ3v) is 11.0. The van der Waals surface area contributed by atoms with Crippen molar-refractivity contribution in [3.63, 3.8) is 0 Å². The number of benzene rings is 4. The molecule has 2 heterocycles. The first-order valence-electron chi connectivity index (χ1n) is 15.9. The van der Waals surface area contributed by atoms with E-state index in [1.807, 2.05) is 61.8 Å². The molecule has 2 aliphatic heterocycles. The van der Waals surface area contributed by atoms with E-state index in [0.717, 1.165) is 55.2 Å². The van der Waals surface area contributed by atoms with Crippen molar-refractivity contribution in [3.05, 3.63) is 103 Å². The smallest absolute Gasteiger partial charge is 0.267 e. The largest absolute Gasteiger partial charge is 0.846 e. The molecule has 6 nitrogen and oxygen atoms in total. The van der Waals surface area contributed by atoms with Crippen LogP contribution in [0.25, 0.3) is 38.2 Å². The third kappa shape index (κ3) is 4.15. The van der Waals surface area contributed by atoms with Crippen LogP contribution >= 0.6 is 0 Å². The average Bonchev–Trinajstić information content (AvgIpc) is 3.27. The predicted molar refractivity (Wildman–Crippen MR) is 187 cm³/mol. The van der Waals surface area contributed by atoms with Gasteiger partial charge in [0, 0.05) is 17.3 Å². The van der Waals surface area contributed by atoms with Gasteiger partial charge in [0.15, 0.2) is 11.1 Å². The van der Waals surface area contributed by atoms with Crippen molar-refractivity contribution >= 4 is 50.6 Å². The van der Waals surface area contributed by atoms with Gasteiger partial charge in [-0.1, -0.05) is 65.7 Å². The molecular weight excluding hydrogens is 568 g/mol. The Balaban J connectivity index is 1.46. The molecule has 0 N–H and O–H groups in total. The van der Waals surface area contributed by atoms with Gasteiger partial charge in [-0.2, -0.15) is 0 Å². The van der Waals surface area contributed by atoms with Gasteiger partial charge in [-0.25, -0.2) is 4.58 Å². The number of hydrogen-bond donors (Lipinski definition) is 0. The number of fused-ring (bicyclic) bond motifs is 2. The lowest BCUT2D eigenvalue weighted by Crippen LogP contribution is -2.55. The van der Waals surface area contributed by atoms with E-state index in [-0.39, 0.29) is 12.0 Å². The molecule has 0 atom stereocenters. The Morgan fingerprint density at radius 1 is 0.696 bits per heavy atom. The first-order chi connectivity index (χ1) is 21.7. The fraction of sp³-hybridized carbons (Fsp3) is 0.300. The zero-order chi connectivity index (χ0) is 32.8. The van der Waals surface area contributed by atoms with Crippen LogP contribution in [0, 0.1) is 6.42 Å². The lowest BCUT2D eigenvalue weighted by molar-refractivity contribution is -0.550. The van der Waals surface area contributed by atoms with Crippen LogP contribution in [0.1, 0.15) is 61.0 Å². The van der Waals surface area contributed by atoms with Crippen molar-refractivity contribution in [1.82, 2.24) is 0 Å². The minimum absolute atomic E-state index is 0.215. The number of hydrogen-bond acceptors (Lipinski definition) is 5. The maximum Gasteiger partial charge on any atom is 0.267 e. The van der Waals surface area contributed by atoms with Crippen molar-refractivity contribution in [3.8, 4) is 11.1 Å². The lowest BCUT2D eigenvalue weighted by Gasteiger charge is -2.42. The zero-order valence-corrected chi connectivity index (χ0v) is 27.8. The van der Waals surface area contributed by atoms with Gasteiger partial charge in [0.2, 0.25) is 5.71 Å². The Morgan fingerprint density at radius 3 is 1.80 bits per heavy atom. The van der Waals surface area contributed by atoms with Crippen LogP contribution in [0.2, 0.25) is 0 Å². The molecule has 0 bridgehead atoms. The van der Waals surface area contributed by atoms with E-state index in [1.165, 1.54) is 0 Å². The summed E-state index contributed by atoms with van der Waals surface area (Å²) in [5.41, 5.74) is 3.94. The van der Waals surface area contributed by atoms with Gasteiger partial charge in [0.05, 0.1) is 41.2 Å². The molecular formula is C40H40N4O2. The maximum atomic E-state index is 13.2. The molecule has 1 aliphatic carbocycles. The standard InChI is InChI=1S/C40H40N4O2/c1-37(2)39(5,6)43(35(45)41-37)27-17-13-15-25(23-27)33-29-19-9-11-21-31(29)34(32-22-12-10-20-30(32)33)26-16-14-18-28(24-26)44-36(46)42-38(3,4)40(44,7)8/h9-24H,1-8H3. The Hall–Kier alpha value is -4.84. The van der Waals surface area contributed by atoms with Gasteiger partial charge >= 0.3 is 0 Å². The normalized spacial score (nSPS) is 22.5. The summed E-state index contributed by atoms with van der Waals surface area (Å²) in [6.45, 7) is 16.4. The van der Waals surface area contributed by atoms with E-state index in [2.05, 4.69) is 110 Å². The van der Waals surface area contributed by atoms with Gasteiger partial charge in [-0.3, -0.25) is 4.99 Å². The average molecular weight is 609 g/mol. The van der Waals surface area contributed by atoms with Gasteiger partial charge in [-0.15, -0.1) is 0 Å². The Bertz CT molecular complexity index is 2050. The molecule has 0 saturated heterocycles. The summed E-state index contributed by atoms with van der Waals surface area (Å²) in [6.07, 6.45) is 8.28. The summed E-state index contributed by atoms with van der Waals surface area (Å²) < 4.78 is 1.83. The van der Waals surface area contributed by atoms with E-state index in [0.29, 0.717) is 0 Å². The van der Waals surface area contributed by atoms with Crippen molar-refractivity contribution < 1.29 is 14.8 Å². The van der Waals surface area contributed by atoms with Gasteiger partial charge < -0.3 is 15.1 Å². The number of rotatable bonds is 3. The summed E-state index contributed by atoms with van der Waals surface area (Å²) in [7, 11) is 0. The van der Waals surface area contributed by atoms with E-state index in [9.17, 15) is 10.2 Å². The Morgan fingerprint density at radius 2 is 1.28 bits per heavy atom. The molecule has 7 rings (SSSR count). The molecule has 0 saturated carbocycles. The number of anilines is 1. The summed E-state index contributed by atoms with van der Waals surface area (Å²) >= 11 is 0. The van der Waals surface area contributed by atoms with Gasteiger partial charge in [0.25, 0.3) is 6.02 Å². The molecule has 3 aliphatic rings. The number of amidine groups is 2. The number of aliphatic imine (C=N–C) groups is 2. The molecule has 4 aromatic carbocycles. The molecule has 0 spiro atoms. The highest BCUT2D eigenvalue weighted by Gasteiger charge is 2.55. The highest BCUT2D eigenvalue weighted by molar-refractivity contribution is 6.22. The molecule has 0 unspecified atom stereocenters. The second-order valence-electron chi connectivity index (χ2n) is 14.6. The van der Waals surface area contributed by atoms with E-state index in [1.54, 1.807) is 0 Å². The monoisotopic (exact) mass is 608 g/mol. The van der Waals surface area contributed by atoms with Crippen LogP contribution < -0.4 is 15.1 Å². The summed E-state index contributed by atoms with van der Waals surface area (Å²) in [6, 6.07) is 24.9. The minimum atomic E-state index is -0.519. The van der Waals surface area contributed by atoms with Crippen LogP contribution in [0.5, 0.6) is 0 Å². The van der Waals surface area contributed by atoms with E-state index in [4.69, 9.17) is 0 Å². The fourth-order valence-electron chi connectivity index (χ4n) is 7.10. The quantitative estimate of drug-likeness (QED) is 0.148. The lowest BCUT2D eigenvalue weighted by atomic mass is 9.82. The molecule has 0 fully saturated rings. The van der Waals surface area contributed by atoms with Crippen LogP contribution in [-0.4, -0.2) is 44.5 Å². The zero-order valence-electron chi connectivity index (χ0n) is 27.8. The summed E-state index contributed by atoms with van der Waals surface area (Å²) in [5, 5.41) is 30.9. The first kappa shape index (κ1) is 29.8. The Kier molecular flexibility index (Phi) is 6.38. The topological polar surface area (TPSA) is 77.1 Å². The van der Waals surface area contributed by atoms with Crippen molar-refractivity contribution in [2.24, 2.45) is 9.98 Å². The molecule has 6 heteroatoms. The van der Waals surface area contributed by atoms with E-state index >= 15 is 0 Å². The van der Waals surface area contributed by atoms with Gasteiger partial charge in [0.1, 0.15) is 0 Å². The maximum absolute atomic E-state index is 13.2. The van der Waals surface area contributed by atoms with Crippen molar-refractivity contribution in [2.45, 2.75) is 77.5 Å².